The Morgan fingerprint density at radius 2 is 1.76 bits per heavy atom. The predicted octanol–water partition coefficient (Wildman–Crippen LogP) is 5.39. The highest BCUT2D eigenvalue weighted by atomic mass is 79.9. The first-order valence-corrected chi connectivity index (χ1v) is 12.4. The van der Waals surface area contributed by atoms with Gasteiger partial charge < -0.3 is 14.8 Å². The topological polar surface area (TPSA) is 89.0 Å². The molecule has 0 heterocycles. The molecule has 0 fully saturated rings. The van der Waals surface area contributed by atoms with Crippen molar-refractivity contribution in [3.05, 3.63) is 93.2 Å². The van der Waals surface area contributed by atoms with Crippen LogP contribution in [0.5, 0.6) is 11.5 Å². The van der Waals surface area contributed by atoms with E-state index in [4.69, 9.17) is 9.47 Å². The van der Waals surface area contributed by atoms with Crippen molar-refractivity contribution in [3.8, 4) is 11.5 Å². The maximum atomic E-state index is 13.1. The lowest BCUT2D eigenvalue weighted by Crippen LogP contribution is -2.48. The molecule has 1 atom stereocenters. The molecule has 0 aliphatic carbocycles. The molecule has 7 nitrogen and oxygen atoms in total. The quantitative estimate of drug-likeness (QED) is 0.253. The Balaban J connectivity index is 1.65. The van der Waals surface area contributed by atoms with E-state index in [0.717, 1.165) is 5.56 Å². The summed E-state index contributed by atoms with van der Waals surface area (Å²) in [5, 5.41) is 6.72. The van der Waals surface area contributed by atoms with Crippen molar-refractivity contribution in [2.24, 2.45) is 11.0 Å². The van der Waals surface area contributed by atoms with Gasteiger partial charge in [0.25, 0.3) is 11.8 Å². The van der Waals surface area contributed by atoms with Crippen LogP contribution in [-0.4, -0.2) is 31.2 Å². The lowest BCUT2D eigenvalue weighted by Gasteiger charge is -2.20. The van der Waals surface area contributed by atoms with E-state index in [-0.39, 0.29) is 11.5 Å². The van der Waals surface area contributed by atoms with Crippen LogP contribution >= 0.6 is 15.9 Å². The molecule has 0 aliphatic rings. The molecule has 1 unspecified atom stereocenters. The van der Waals surface area contributed by atoms with Crippen molar-refractivity contribution in [1.29, 1.82) is 0 Å². The van der Waals surface area contributed by atoms with Gasteiger partial charge in [-0.05, 0) is 76.3 Å². The zero-order chi connectivity index (χ0) is 26.9. The number of nitrogens with one attached hydrogen (secondary N) is 2. The number of halogens is 2. The van der Waals surface area contributed by atoms with Crippen molar-refractivity contribution < 1.29 is 23.5 Å². The Labute approximate surface area is 224 Å². The summed E-state index contributed by atoms with van der Waals surface area (Å²) in [7, 11) is 1.54. The molecule has 0 saturated carbocycles. The van der Waals surface area contributed by atoms with E-state index < -0.39 is 23.7 Å². The number of hydrogen-bond acceptors (Lipinski definition) is 5. The fourth-order valence-electron chi connectivity index (χ4n) is 3.39. The van der Waals surface area contributed by atoms with Gasteiger partial charge in [-0.25, -0.2) is 9.82 Å². The molecule has 0 aromatic heterocycles. The van der Waals surface area contributed by atoms with Gasteiger partial charge in [0.1, 0.15) is 18.5 Å². The lowest BCUT2D eigenvalue weighted by atomic mass is 10.0. The summed E-state index contributed by atoms with van der Waals surface area (Å²) in [6.45, 7) is 6.01. The molecule has 37 heavy (non-hydrogen) atoms. The second-order valence-corrected chi connectivity index (χ2v) is 9.60. The number of ether oxygens (including phenoxy) is 2. The van der Waals surface area contributed by atoms with Gasteiger partial charge in [0.05, 0.1) is 17.8 Å². The molecule has 0 spiro atoms. The van der Waals surface area contributed by atoms with E-state index >= 15 is 0 Å². The van der Waals surface area contributed by atoms with Crippen LogP contribution in [0.4, 0.5) is 4.39 Å². The number of rotatable bonds is 10. The minimum atomic E-state index is -0.839. The van der Waals surface area contributed by atoms with Gasteiger partial charge in [-0.1, -0.05) is 43.7 Å². The van der Waals surface area contributed by atoms with E-state index in [1.54, 1.807) is 33.1 Å². The average molecular weight is 570 g/mol. The highest BCUT2D eigenvalue weighted by Crippen LogP contribution is 2.36. The van der Waals surface area contributed by atoms with Crippen LogP contribution in [-0.2, 0) is 11.4 Å². The van der Waals surface area contributed by atoms with Gasteiger partial charge in [-0.3, -0.25) is 9.59 Å². The summed E-state index contributed by atoms with van der Waals surface area (Å²) in [6.07, 6.45) is 1.47. The molecule has 3 aromatic rings. The van der Waals surface area contributed by atoms with Crippen molar-refractivity contribution in [2.45, 2.75) is 33.4 Å². The Kier molecular flexibility index (Phi) is 9.79. The largest absolute Gasteiger partial charge is 0.493 e. The first-order valence-electron chi connectivity index (χ1n) is 11.6. The number of hydrazone groups is 1. The van der Waals surface area contributed by atoms with Crippen LogP contribution in [0.25, 0.3) is 0 Å². The van der Waals surface area contributed by atoms with Crippen molar-refractivity contribution in [3.63, 3.8) is 0 Å². The smallest absolute Gasteiger partial charge is 0.262 e. The summed E-state index contributed by atoms with van der Waals surface area (Å²) in [4.78, 5) is 25.2. The number of methoxy groups -OCH3 is 1. The van der Waals surface area contributed by atoms with Gasteiger partial charge in [0.2, 0.25) is 0 Å². The van der Waals surface area contributed by atoms with Crippen molar-refractivity contribution in [1.82, 2.24) is 10.7 Å². The summed E-state index contributed by atoms with van der Waals surface area (Å²) in [5.41, 5.74) is 5.58. The fourth-order valence-corrected chi connectivity index (χ4v) is 3.97. The van der Waals surface area contributed by atoms with E-state index in [9.17, 15) is 14.0 Å². The molecule has 2 amide bonds. The highest BCUT2D eigenvalue weighted by Gasteiger charge is 2.24. The standard InChI is InChI=1S/C28H29BrFN3O4/c1-17(2)25(32-27(34)21-9-11-22(30)12-10-21)28(35)33-31-15-20-13-23(29)26(24(14-20)36-4)37-16-19-7-5-18(3)6-8-19/h5-15,17,25H,16H2,1-4H3,(H,32,34)(H,33,35)/b31-15+. The average Bonchev–Trinajstić information content (AvgIpc) is 2.87. The van der Waals surface area contributed by atoms with Gasteiger partial charge in [0, 0.05) is 5.56 Å². The third kappa shape index (κ3) is 7.88. The summed E-state index contributed by atoms with van der Waals surface area (Å²) >= 11 is 3.52. The first-order chi connectivity index (χ1) is 17.7. The van der Waals surface area contributed by atoms with E-state index in [2.05, 4.69) is 31.8 Å². The predicted molar refractivity (Wildman–Crippen MR) is 144 cm³/mol. The van der Waals surface area contributed by atoms with Crippen LogP contribution in [0.15, 0.2) is 70.2 Å². The molecule has 0 bridgehead atoms. The van der Waals surface area contributed by atoms with Crippen LogP contribution in [0.2, 0.25) is 0 Å². The highest BCUT2D eigenvalue weighted by molar-refractivity contribution is 9.10. The zero-order valence-electron chi connectivity index (χ0n) is 21.0. The molecule has 0 saturated heterocycles. The molecule has 0 aliphatic heterocycles. The molecule has 194 valence electrons. The van der Waals surface area contributed by atoms with Gasteiger partial charge in [-0.2, -0.15) is 5.10 Å². The minimum absolute atomic E-state index is 0.209. The second kappa shape index (κ2) is 13.0. The van der Waals surface area contributed by atoms with Crippen LogP contribution in [0, 0.1) is 18.7 Å². The van der Waals surface area contributed by atoms with E-state index in [0.29, 0.717) is 28.1 Å². The normalized spacial score (nSPS) is 11.9. The minimum Gasteiger partial charge on any atom is -0.493 e. The molecular formula is C28H29BrFN3O4. The third-order valence-electron chi connectivity index (χ3n) is 5.49. The van der Waals surface area contributed by atoms with Crippen LogP contribution in [0.1, 0.15) is 40.9 Å². The molecule has 2 N–H and O–H groups in total. The van der Waals surface area contributed by atoms with Gasteiger partial charge in [0.15, 0.2) is 11.5 Å². The third-order valence-corrected chi connectivity index (χ3v) is 6.08. The van der Waals surface area contributed by atoms with Crippen molar-refractivity contribution >= 4 is 34.0 Å². The monoisotopic (exact) mass is 569 g/mol. The number of nitrogens with zero attached hydrogens (tertiary/aromatic N) is 1. The second-order valence-electron chi connectivity index (χ2n) is 8.74. The number of hydrogen-bond donors (Lipinski definition) is 2. The lowest BCUT2D eigenvalue weighted by molar-refractivity contribution is -0.123. The molecule has 9 heteroatoms. The molecule has 3 rings (SSSR count). The summed E-state index contributed by atoms with van der Waals surface area (Å²) < 4.78 is 25.3. The van der Waals surface area contributed by atoms with Crippen LogP contribution in [0.3, 0.4) is 0 Å². The zero-order valence-corrected chi connectivity index (χ0v) is 22.6. The molecule has 3 aromatic carbocycles. The Bertz CT molecular complexity index is 1260. The van der Waals surface area contributed by atoms with E-state index in [1.165, 1.54) is 36.0 Å². The van der Waals surface area contributed by atoms with Crippen LogP contribution < -0.4 is 20.2 Å². The number of carbonyl (C=O) groups excluding carboxylic acids is 2. The maximum Gasteiger partial charge on any atom is 0.262 e. The summed E-state index contributed by atoms with van der Waals surface area (Å²) in [6, 6.07) is 15.8. The Hall–Kier alpha value is -3.72. The molecule has 0 radical (unpaired) electrons. The SMILES string of the molecule is COc1cc(/C=N/NC(=O)C(NC(=O)c2ccc(F)cc2)C(C)C)cc(Br)c1OCc1ccc(C)cc1. The molecular weight excluding hydrogens is 541 g/mol. The Morgan fingerprint density at radius 3 is 2.38 bits per heavy atom. The number of carbonyl (C=O) groups is 2. The maximum absolute atomic E-state index is 13.1. The van der Waals surface area contributed by atoms with Crippen molar-refractivity contribution in [2.75, 3.05) is 7.11 Å². The number of aryl methyl sites for hydroxylation is 1. The Morgan fingerprint density at radius 1 is 1.08 bits per heavy atom. The fraction of sp³-hybridized carbons (Fsp3) is 0.250. The van der Waals surface area contributed by atoms with Gasteiger partial charge in [-0.15, -0.1) is 0 Å². The number of benzene rings is 3. The number of amides is 2. The summed E-state index contributed by atoms with van der Waals surface area (Å²) in [5.74, 6) is -0.566. The van der Waals surface area contributed by atoms with Gasteiger partial charge >= 0.3 is 0 Å². The first kappa shape index (κ1) is 27.9. The van der Waals surface area contributed by atoms with E-state index in [1.807, 2.05) is 31.2 Å².